The van der Waals surface area contributed by atoms with E-state index in [-0.39, 0.29) is 5.56 Å². The van der Waals surface area contributed by atoms with E-state index in [1.54, 1.807) is 22.1 Å². The molecule has 0 bridgehead atoms. The molecule has 0 spiro atoms. The van der Waals surface area contributed by atoms with Gasteiger partial charge in [0.25, 0.3) is 5.56 Å². The van der Waals surface area contributed by atoms with E-state index in [0.29, 0.717) is 12.4 Å². The van der Waals surface area contributed by atoms with Gasteiger partial charge in [0.1, 0.15) is 5.82 Å². The Hall–Kier alpha value is -2.18. The second-order valence-corrected chi connectivity index (χ2v) is 5.09. The molecule has 0 aromatic carbocycles. The van der Waals surface area contributed by atoms with Crippen LogP contribution >= 0.6 is 11.3 Å². The van der Waals surface area contributed by atoms with Gasteiger partial charge in [-0.3, -0.25) is 4.79 Å². The number of thiophene rings is 1. The van der Waals surface area contributed by atoms with Crippen molar-refractivity contribution in [2.45, 2.75) is 6.54 Å². The Morgan fingerprint density at radius 2 is 2.26 bits per heavy atom. The van der Waals surface area contributed by atoms with E-state index < -0.39 is 0 Å². The maximum Gasteiger partial charge on any atom is 0.259 e. The van der Waals surface area contributed by atoms with Crippen molar-refractivity contribution >= 4 is 27.2 Å². The number of nitrogen functional groups attached to an aromatic ring is 1. The van der Waals surface area contributed by atoms with E-state index in [4.69, 9.17) is 5.84 Å². The summed E-state index contributed by atoms with van der Waals surface area (Å²) in [6, 6.07) is 7.51. The summed E-state index contributed by atoms with van der Waals surface area (Å²) in [5.41, 5.74) is 3.49. The topological polar surface area (TPSA) is 72.9 Å². The van der Waals surface area contributed by atoms with Crippen LogP contribution in [0.15, 0.2) is 46.8 Å². The van der Waals surface area contributed by atoms with Crippen molar-refractivity contribution < 1.29 is 0 Å². The monoisotopic (exact) mass is 272 g/mol. The van der Waals surface area contributed by atoms with Crippen LogP contribution in [-0.4, -0.2) is 9.55 Å². The maximum atomic E-state index is 12.3. The Balaban J connectivity index is 2.00. The van der Waals surface area contributed by atoms with Gasteiger partial charge in [0, 0.05) is 17.1 Å². The number of rotatable bonds is 3. The highest BCUT2D eigenvalue weighted by atomic mass is 32.1. The summed E-state index contributed by atoms with van der Waals surface area (Å²) in [7, 11) is 0. The minimum atomic E-state index is 0.0258. The van der Waals surface area contributed by atoms with Crippen LogP contribution in [0.3, 0.4) is 0 Å². The molecular weight excluding hydrogens is 260 g/mol. The van der Waals surface area contributed by atoms with Crippen LogP contribution in [0.5, 0.6) is 0 Å². The van der Waals surface area contributed by atoms with Gasteiger partial charge >= 0.3 is 0 Å². The Morgan fingerprint density at radius 3 is 3.11 bits per heavy atom. The van der Waals surface area contributed by atoms with Crippen LogP contribution in [0, 0.1) is 0 Å². The molecule has 0 saturated heterocycles. The summed E-state index contributed by atoms with van der Waals surface area (Å²) in [4.78, 5) is 16.3. The van der Waals surface area contributed by atoms with Crippen molar-refractivity contribution in [3.63, 3.8) is 0 Å². The number of anilines is 1. The first-order chi connectivity index (χ1) is 9.28. The van der Waals surface area contributed by atoms with Crippen LogP contribution in [-0.2, 0) is 6.54 Å². The summed E-state index contributed by atoms with van der Waals surface area (Å²) in [6.07, 6.45) is 3.48. The summed E-state index contributed by atoms with van der Waals surface area (Å²) >= 11 is 1.57. The molecule has 0 aliphatic carbocycles. The van der Waals surface area contributed by atoms with Gasteiger partial charge in [0.2, 0.25) is 0 Å². The normalized spacial score (nSPS) is 10.8. The molecule has 3 N–H and O–H groups in total. The molecule has 19 heavy (non-hydrogen) atoms. The molecule has 6 heteroatoms. The van der Waals surface area contributed by atoms with E-state index in [1.807, 2.05) is 35.8 Å². The third-order valence-electron chi connectivity index (χ3n) is 2.92. The summed E-state index contributed by atoms with van der Waals surface area (Å²) in [5, 5.41) is 2.69. The van der Waals surface area contributed by atoms with E-state index >= 15 is 0 Å². The van der Waals surface area contributed by atoms with Crippen molar-refractivity contribution in [1.82, 2.24) is 9.55 Å². The Bertz CT molecular complexity index is 777. The molecule has 3 aromatic heterocycles. The smallest absolute Gasteiger partial charge is 0.259 e. The first kappa shape index (κ1) is 11.9. The molecule has 0 aliphatic rings. The van der Waals surface area contributed by atoms with Crippen molar-refractivity contribution in [3.8, 4) is 0 Å². The molecule has 3 heterocycles. The molecule has 0 amide bonds. The van der Waals surface area contributed by atoms with E-state index in [2.05, 4.69) is 10.4 Å². The average Bonchev–Trinajstić information content (AvgIpc) is 2.91. The van der Waals surface area contributed by atoms with Gasteiger partial charge in [-0.2, -0.15) is 0 Å². The van der Waals surface area contributed by atoms with E-state index in [9.17, 15) is 4.79 Å². The van der Waals surface area contributed by atoms with Crippen molar-refractivity contribution in [1.29, 1.82) is 0 Å². The number of nitrogens with one attached hydrogen (secondary N) is 1. The molecule has 3 aromatic rings. The van der Waals surface area contributed by atoms with Gasteiger partial charge in [-0.15, -0.1) is 11.3 Å². The molecule has 0 fully saturated rings. The quantitative estimate of drug-likeness (QED) is 0.563. The molecular formula is C13H12N4OS. The second-order valence-electron chi connectivity index (χ2n) is 4.14. The Labute approximate surface area is 113 Å². The molecule has 0 aliphatic heterocycles. The number of hydrogen-bond donors (Lipinski definition) is 2. The molecule has 3 rings (SSSR count). The number of hydrazine groups is 1. The lowest BCUT2D eigenvalue weighted by Crippen LogP contribution is -2.19. The van der Waals surface area contributed by atoms with Gasteiger partial charge in [0.05, 0.1) is 11.9 Å². The SMILES string of the molecule is NNc1cc(Cn2ccc3sccc3c2=O)ccn1. The highest BCUT2D eigenvalue weighted by Gasteiger charge is 2.04. The van der Waals surface area contributed by atoms with Crippen LogP contribution in [0.4, 0.5) is 5.82 Å². The fourth-order valence-corrected chi connectivity index (χ4v) is 2.75. The number of fused-ring (bicyclic) bond motifs is 1. The predicted molar refractivity (Wildman–Crippen MR) is 77.2 cm³/mol. The summed E-state index contributed by atoms with van der Waals surface area (Å²) < 4.78 is 2.70. The summed E-state index contributed by atoms with van der Waals surface area (Å²) in [5.74, 6) is 5.91. The number of aromatic nitrogens is 2. The van der Waals surface area contributed by atoms with Gasteiger partial charge in [-0.1, -0.05) is 0 Å². The number of nitrogens with two attached hydrogens (primary N) is 1. The molecule has 0 radical (unpaired) electrons. The first-order valence-electron chi connectivity index (χ1n) is 5.76. The molecule has 0 saturated carbocycles. The largest absolute Gasteiger partial charge is 0.311 e. The standard InChI is InChI=1S/C13H12N4OS/c14-16-12-7-9(1-4-15-12)8-17-5-2-11-10(13(17)18)3-6-19-11/h1-7H,8,14H2,(H,15,16). The zero-order valence-electron chi connectivity index (χ0n) is 10.0. The van der Waals surface area contributed by atoms with Crippen LogP contribution in [0.2, 0.25) is 0 Å². The zero-order valence-corrected chi connectivity index (χ0v) is 10.9. The van der Waals surface area contributed by atoms with E-state index in [1.165, 1.54) is 0 Å². The van der Waals surface area contributed by atoms with Gasteiger partial charge in [-0.25, -0.2) is 10.8 Å². The molecule has 0 unspecified atom stereocenters. The molecule has 5 nitrogen and oxygen atoms in total. The van der Waals surface area contributed by atoms with Crippen LogP contribution in [0.25, 0.3) is 10.1 Å². The fourth-order valence-electron chi connectivity index (χ4n) is 1.98. The second kappa shape index (κ2) is 4.83. The predicted octanol–water partition coefficient (Wildman–Crippen LogP) is 1.79. The minimum Gasteiger partial charge on any atom is -0.311 e. The number of hydrogen-bond acceptors (Lipinski definition) is 5. The van der Waals surface area contributed by atoms with Crippen LogP contribution < -0.4 is 16.8 Å². The maximum absolute atomic E-state index is 12.3. The molecule has 0 atom stereocenters. The van der Waals surface area contributed by atoms with Gasteiger partial charge in [0.15, 0.2) is 0 Å². The van der Waals surface area contributed by atoms with Gasteiger partial charge < -0.3 is 9.99 Å². The summed E-state index contributed by atoms with van der Waals surface area (Å²) in [6.45, 7) is 0.502. The average molecular weight is 272 g/mol. The van der Waals surface area contributed by atoms with Crippen molar-refractivity contribution in [3.05, 3.63) is 58.0 Å². The minimum absolute atomic E-state index is 0.0258. The number of nitrogens with zero attached hydrogens (tertiary/aromatic N) is 2. The lowest BCUT2D eigenvalue weighted by atomic mass is 10.2. The lowest BCUT2D eigenvalue weighted by Gasteiger charge is -2.07. The molecule has 96 valence electrons. The fraction of sp³-hybridized carbons (Fsp3) is 0.0769. The van der Waals surface area contributed by atoms with E-state index in [0.717, 1.165) is 15.6 Å². The highest BCUT2D eigenvalue weighted by Crippen LogP contribution is 2.16. The first-order valence-corrected chi connectivity index (χ1v) is 6.64. The number of pyridine rings is 2. The third kappa shape index (κ3) is 2.23. The van der Waals surface area contributed by atoms with Crippen molar-refractivity contribution in [2.24, 2.45) is 5.84 Å². The third-order valence-corrected chi connectivity index (χ3v) is 3.80. The lowest BCUT2D eigenvalue weighted by molar-refractivity contribution is 0.767. The van der Waals surface area contributed by atoms with Gasteiger partial charge in [-0.05, 0) is 35.2 Å². The van der Waals surface area contributed by atoms with Crippen molar-refractivity contribution in [2.75, 3.05) is 5.43 Å². The van der Waals surface area contributed by atoms with Crippen LogP contribution in [0.1, 0.15) is 5.56 Å². The Morgan fingerprint density at radius 1 is 1.37 bits per heavy atom. The highest BCUT2D eigenvalue weighted by molar-refractivity contribution is 7.17. The zero-order chi connectivity index (χ0) is 13.2. The Kier molecular flexibility index (Phi) is 3.02.